The summed E-state index contributed by atoms with van der Waals surface area (Å²) in [5, 5.41) is 20.3. The van der Waals surface area contributed by atoms with Crippen LogP contribution in [-0.2, 0) is 6.18 Å². The number of hydrogen-bond donors (Lipinski definition) is 2. The van der Waals surface area contributed by atoms with Crippen molar-refractivity contribution >= 4 is 6.09 Å². The SMILES string of the molecule is COc1cc(C(F)(F)F)ccc1-c1oc([C@@H](O)[C@]2(C)CCCN(C(=O)O)C2)cc1C. The van der Waals surface area contributed by atoms with Gasteiger partial charge in [-0.2, -0.15) is 13.2 Å². The molecule has 1 saturated heterocycles. The van der Waals surface area contributed by atoms with E-state index in [1.165, 1.54) is 18.1 Å². The number of methoxy groups -OCH3 is 1. The maximum absolute atomic E-state index is 13.0. The third-order valence-corrected chi connectivity index (χ3v) is 5.64. The molecule has 2 N–H and O–H groups in total. The number of carboxylic acid groups (broad SMARTS) is 1. The maximum Gasteiger partial charge on any atom is 0.416 e. The molecule has 0 radical (unpaired) electrons. The number of carbonyl (C=O) groups is 1. The minimum absolute atomic E-state index is 0.00393. The molecule has 0 spiro atoms. The molecule has 0 aliphatic carbocycles. The molecule has 2 heterocycles. The highest BCUT2D eigenvalue weighted by atomic mass is 19.4. The van der Waals surface area contributed by atoms with Crippen LogP contribution in [0.15, 0.2) is 28.7 Å². The molecule has 1 aromatic heterocycles. The number of piperidine rings is 1. The standard InChI is InChI=1S/C21H24F3NO5/c1-12-9-16(18(26)20(2)7-4-8-25(11-20)19(27)28)30-17(12)14-6-5-13(21(22,23)24)10-15(14)29-3/h5-6,9-10,18,26H,4,7-8,11H2,1-3H3,(H,27,28)/t18-,20-/m1/s1. The van der Waals surface area contributed by atoms with Crippen LogP contribution in [0.1, 0.15) is 42.8 Å². The van der Waals surface area contributed by atoms with Gasteiger partial charge in [-0.25, -0.2) is 4.79 Å². The number of furan rings is 1. The number of aliphatic hydroxyl groups excluding tert-OH is 1. The lowest BCUT2D eigenvalue weighted by molar-refractivity contribution is -0.137. The number of aryl methyl sites for hydroxylation is 1. The van der Waals surface area contributed by atoms with Gasteiger partial charge in [0.05, 0.1) is 18.2 Å². The van der Waals surface area contributed by atoms with Crippen LogP contribution in [0.4, 0.5) is 18.0 Å². The molecule has 2 atom stereocenters. The van der Waals surface area contributed by atoms with E-state index in [2.05, 4.69) is 0 Å². The van der Waals surface area contributed by atoms with Crippen molar-refractivity contribution in [2.45, 2.75) is 39.0 Å². The second-order valence-electron chi connectivity index (χ2n) is 7.94. The zero-order valence-electron chi connectivity index (χ0n) is 16.9. The monoisotopic (exact) mass is 427 g/mol. The minimum Gasteiger partial charge on any atom is -0.496 e. The molecule has 1 aromatic carbocycles. The molecule has 3 rings (SSSR count). The van der Waals surface area contributed by atoms with E-state index in [4.69, 9.17) is 9.15 Å². The van der Waals surface area contributed by atoms with Gasteiger partial charge < -0.3 is 24.3 Å². The van der Waals surface area contributed by atoms with E-state index in [9.17, 15) is 28.2 Å². The van der Waals surface area contributed by atoms with Crippen molar-refractivity contribution in [1.29, 1.82) is 0 Å². The summed E-state index contributed by atoms with van der Waals surface area (Å²) in [7, 11) is 1.27. The van der Waals surface area contributed by atoms with Crippen LogP contribution in [0.2, 0.25) is 0 Å². The quantitative estimate of drug-likeness (QED) is 0.710. The topological polar surface area (TPSA) is 83.1 Å². The molecular formula is C21H24F3NO5. The van der Waals surface area contributed by atoms with Crippen LogP contribution in [0.25, 0.3) is 11.3 Å². The summed E-state index contributed by atoms with van der Waals surface area (Å²) in [6.45, 7) is 4.08. The van der Waals surface area contributed by atoms with Gasteiger partial charge in [-0.15, -0.1) is 0 Å². The van der Waals surface area contributed by atoms with Gasteiger partial charge in [0, 0.05) is 18.5 Å². The Morgan fingerprint density at radius 3 is 2.63 bits per heavy atom. The molecular weight excluding hydrogens is 403 g/mol. The number of hydrogen-bond acceptors (Lipinski definition) is 4. The van der Waals surface area contributed by atoms with Gasteiger partial charge >= 0.3 is 12.3 Å². The molecule has 9 heteroatoms. The predicted molar refractivity (Wildman–Crippen MR) is 102 cm³/mol. The summed E-state index contributed by atoms with van der Waals surface area (Å²) in [5.74, 6) is 0.535. The van der Waals surface area contributed by atoms with Gasteiger partial charge in [-0.3, -0.25) is 0 Å². The molecule has 0 saturated carbocycles. The summed E-state index contributed by atoms with van der Waals surface area (Å²) in [6, 6.07) is 4.75. The van der Waals surface area contributed by atoms with E-state index in [1.54, 1.807) is 19.9 Å². The summed E-state index contributed by atoms with van der Waals surface area (Å²) in [5.41, 5.74) is -0.627. The van der Waals surface area contributed by atoms with Gasteiger partial charge in [0.25, 0.3) is 0 Å². The van der Waals surface area contributed by atoms with Gasteiger partial charge in [0.2, 0.25) is 0 Å². The number of aliphatic hydroxyl groups is 1. The Morgan fingerprint density at radius 2 is 2.03 bits per heavy atom. The molecule has 164 valence electrons. The zero-order chi connectivity index (χ0) is 22.3. The Hall–Kier alpha value is -2.68. The molecule has 1 amide bonds. The molecule has 0 bridgehead atoms. The highest BCUT2D eigenvalue weighted by Crippen LogP contribution is 2.45. The average Bonchev–Trinajstić information content (AvgIpc) is 3.07. The molecule has 6 nitrogen and oxygen atoms in total. The fourth-order valence-electron chi connectivity index (χ4n) is 3.96. The van der Waals surface area contributed by atoms with E-state index in [0.29, 0.717) is 36.3 Å². The number of halogens is 3. The van der Waals surface area contributed by atoms with Crippen LogP contribution < -0.4 is 4.74 Å². The molecule has 1 aliphatic rings. The van der Waals surface area contributed by atoms with Crippen molar-refractivity contribution in [2.75, 3.05) is 20.2 Å². The third kappa shape index (κ3) is 4.12. The van der Waals surface area contributed by atoms with Crippen molar-refractivity contribution in [2.24, 2.45) is 5.41 Å². The highest BCUT2D eigenvalue weighted by molar-refractivity contribution is 5.70. The summed E-state index contributed by atoms with van der Waals surface area (Å²) in [6.07, 6.45) is -5.40. The van der Waals surface area contributed by atoms with E-state index >= 15 is 0 Å². The normalized spacial score (nSPS) is 20.8. The van der Waals surface area contributed by atoms with Crippen molar-refractivity contribution in [3.8, 4) is 17.1 Å². The van der Waals surface area contributed by atoms with Crippen LogP contribution in [-0.4, -0.2) is 41.4 Å². The first-order valence-corrected chi connectivity index (χ1v) is 9.48. The van der Waals surface area contributed by atoms with Gasteiger partial charge in [-0.1, -0.05) is 6.92 Å². The van der Waals surface area contributed by atoms with Crippen LogP contribution >= 0.6 is 0 Å². The fraction of sp³-hybridized carbons (Fsp3) is 0.476. The van der Waals surface area contributed by atoms with E-state index in [1.807, 2.05) is 0 Å². The molecule has 1 aliphatic heterocycles. The smallest absolute Gasteiger partial charge is 0.416 e. The first-order chi connectivity index (χ1) is 14.0. The second kappa shape index (κ2) is 7.86. The zero-order valence-corrected chi connectivity index (χ0v) is 16.9. The second-order valence-corrected chi connectivity index (χ2v) is 7.94. The number of amides is 1. The lowest BCUT2D eigenvalue weighted by atomic mass is 9.76. The number of nitrogens with zero attached hydrogens (tertiary/aromatic N) is 1. The minimum atomic E-state index is -4.50. The molecule has 1 fully saturated rings. The van der Waals surface area contributed by atoms with Gasteiger partial charge in [0.1, 0.15) is 23.4 Å². The van der Waals surface area contributed by atoms with Crippen molar-refractivity contribution < 1.29 is 37.3 Å². The molecule has 2 aromatic rings. The van der Waals surface area contributed by atoms with Crippen LogP contribution in [0, 0.1) is 12.3 Å². The lowest BCUT2D eigenvalue weighted by Crippen LogP contribution is -2.46. The summed E-state index contributed by atoms with van der Waals surface area (Å²) >= 11 is 0. The first-order valence-electron chi connectivity index (χ1n) is 9.48. The Morgan fingerprint density at radius 1 is 1.33 bits per heavy atom. The van der Waals surface area contributed by atoms with Gasteiger partial charge in [0.15, 0.2) is 0 Å². The average molecular weight is 427 g/mol. The fourth-order valence-corrected chi connectivity index (χ4v) is 3.96. The number of benzene rings is 1. The van der Waals surface area contributed by atoms with Crippen molar-refractivity contribution in [1.82, 2.24) is 4.90 Å². The number of rotatable bonds is 4. The van der Waals surface area contributed by atoms with E-state index < -0.39 is 29.4 Å². The predicted octanol–water partition coefficient (Wildman–Crippen LogP) is 5.10. The number of ether oxygens (including phenoxy) is 1. The maximum atomic E-state index is 13.0. The largest absolute Gasteiger partial charge is 0.496 e. The Balaban J connectivity index is 1.95. The van der Waals surface area contributed by atoms with Crippen LogP contribution in [0.5, 0.6) is 5.75 Å². The van der Waals surface area contributed by atoms with Crippen molar-refractivity contribution in [3.63, 3.8) is 0 Å². The molecule has 0 unspecified atom stereocenters. The number of alkyl halides is 3. The summed E-state index contributed by atoms with van der Waals surface area (Å²) in [4.78, 5) is 12.6. The van der Waals surface area contributed by atoms with Crippen LogP contribution in [0.3, 0.4) is 0 Å². The Kier molecular flexibility index (Phi) is 5.77. The van der Waals surface area contributed by atoms with E-state index in [0.717, 1.165) is 12.1 Å². The number of likely N-dealkylation sites (tertiary alicyclic amines) is 1. The Labute approximate surface area is 171 Å². The Bertz CT molecular complexity index is 939. The lowest BCUT2D eigenvalue weighted by Gasteiger charge is -2.41. The van der Waals surface area contributed by atoms with Gasteiger partial charge in [-0.05, 0) is 49.6 Å². The van der Waals surface area contributed by atoms with Crippen molar-refractivity contribution in [3.05, 3.63) is 41.2 Å². The first kappa shape index (κ1) is 22.0. The third-order valence-electron chi connectivity index (χ3n) is 5.64. The highest BCUT2D eigenvalue weighted by Gasteiger charge is 2.41. The molecule has 30 heavy (non-hydrogen) atoms. The summed E-state index contributed by atoms with van der Waals surface area (Å²) < 4.78 is 50.0. The van der Waals surface area contributed by atoms with E-state index in [-0.39, 0.29) is 18.1 Å².